The second-order valence-electron chi connectivity index (χ2n) is 4.32. The molecule has 0 saturated carbocycles. The van der Waals surface area contributed by atoms with Crippen molar-refractivity contribution in [1.29, 1.82) is 0 Å². The first-order valence-corrected chi connectivity index (χ1v) is 5.89. The number of alkyl halides is 3. The van der Waals surface area contributed by atoms with E-state index in [2.05, 4.69) is 10.1 Å². The number of aliphatic carboxylic acids is 1. The zero-order chi connectivity index (χ0) is 16.5. The standard InChI is InChI=1S/C12H9F3N2O5/c13-12(14,15)22-7-3-1-6(2-4-7)17-10(20)8(5-9(18)19)16-11(17)21/h1-4,8H,5H2,(H,16,21)(H,18,19)/t8-/m0/s1. The molecule has 0 spiro atoms. The zero-order valence-corrected chi connectivity index (χ0v) is 10.8. The SMILES string of the molecule is O=C(O)C[C@@H]1NC(=O)N(c2ccc(OC(F)(F)F)cc2)C1=O. The van der Waals surface area contributed by atoms with Crippen molar-refractivity contribution in [2.75, 3.05) is 4.90 Å². The number of carbonyl (C=O) groups excluding carboxylic acids is 2. The van der Waals surface area contributed by atoms with Crippen LogP contribution in [0.25, 0.3) is 0 Å². The van der Waals surface area contributed by atoms with Crippen LogP contribution in [0.4, 0.5) is 23.7 Å². The highest BCUT2D eigenvalue weighted by Crippen LogP contribution is 2.27. The molecule has 1 aliphatic rings. The van der Waals surface area contributed by atoms with E-state index in [0.717, 1.165) is 24.3 Å². The molecule has 0 radical (unpaired) electrons. The van der Waals surface area contributed by atoms with Crippen molar-refractivity contribution in [2.45, 2.75) is 18.8 Å². The van der Waals surface area contributed by atoms with E-state index in [-0.39, 0.29) is 5.69 Å². The predicted molar refractivity (Wildman–Crippen MR) is 65.2 cm³/mol. The maximum atomic E-state index is 12.0. The van der Waals surface area contributed by atoms with Crippen molar-refractivity contribution >= 4 is 23.6 Å². The Kier molecular flexibility index (Phi) is 3.93. The van der Waals surface area contributed by atoms with Crippen LogP contribution in [-0.2, 0) is 9.59 Å². The summed E-state index contributed by atoms with van der Waals surface area (Å²) in [7, 11) is 0. The van der Waals surface area contributed by atoms with Gasteiger partial charge in [0.1, 0.15) is 11.8 Å². The summed E-state index contributed by atoms with van der Waals surface area (Å²) in [5, 5.41) is 10.8. The molecule has 10 heteroatoms. The molecular formula is C12H9F3N2O5. The largest absolute Gasteiger partial charge is 0.573 e. The van der Waals surface area contributed by atoms with Crippen LogP contribution in [0.3, 0.4) is 0 Å². The van der Waals surface area contributed by atoms with Crippen molar-refractivity contribution in [3.63, 3.8) is 0 Å². The van der Waals surface area contributed by atoms with E-state index >= 15 is 0 Å². The minimum absolute atomic E-state index is 0.00455. The second kappa shape index (κ2) is 5.54. The number of nitrogens with zero attached hydrogens (tertiary/aromatic N) is 1. The van der Waals surface area contributed by atoms with Crippen LogP contribution < -0.4 is 15.0 Å². The van der Waals surface area contributed by atoms with E-state index in [1.807, 2.05) is 0 Å². The monoisotopic (exact) mass is 318 g/mol. The minimum atomic E-state index is -4.85. The van der Waals surface area contributed by atoms with Gasteiger partial charge >= 0.3 is 18.4 Å². The summed E-state index contributed by atoms with van der Waals surface area (Å²) in [6.45, 7) is 0. The molecule has 0 bridgehead atoms. The van der Waals surface area contributed by atoms with E-state index in [0.29, 0.717) is 4.90 Å². The molecular weight excluding hydrogens is 309 g/mol. The lowest BCUT2D eigenvalue weighted by Crippen LogP contribution is -2.32. The van der Waals surface area contributed by atoms with Gasteiger partial charge in [-0.05, 0) is 24.3 Å². The van der Waals surface area contributed by atoms with Crippen LogP contribution in [-0.4, -0.2) is 35.4 Å². The molecule has 1 aromatic carbocycles. The second-order valence-corrected chi connectivity index (χ2v) is 4.32. The van der Waals surface area contributed by atoms with Crippen molar-refractivity contribution in [3.05, 3.63) is 24.3 Å². The third kappa shape index (κ3) is 3.45. The molecule has 1 atom stereocenters. The number of carboxylic acids is 1. The minimum Gasteiger partial charge on any atom is -0.481 e. The van der Waals surface area contributed by atoms with Crippen LogP contribution >= 0.6 is 0 Å². The number of benzene rings is 1. The van der Waals surface area contributed by atoms with E-state index < -0.39 is 42.5 Å². The highest BCUT2D eigenvalue weighted by molar-refractivity contribution is 6.21. The Morgan fingerprint density at radius 3 is 2.36 bits per heavy atom. The topological polar surface area (TPSA) is 95.9 Å². The quantitative estimate of drug-likeness (QED) is 0.820. The summed E-state index contributed by atoms with van der Waals surface area (Å²) >= 11 is 0. The molecule has 1 heterocycles. The third-order valence-electron chi connectivity index (χ3n) is 2.73. The Labute approximate surface area is 121 Å². The van der Waals surface area contributed by atoms with Gasteiger partial charge in [0.2, 0.25) is 0 Å². The summed E-state index contributed by atoms with van der Waals surface area (Å²) in [6.07, 6.45) is -5.44. The molecule has 2 rings (SSSR count). The molecule has 3 amide bonds. The Hall–Kier alpha value is -2.78. The van der Waals surface area contributed by atoms with Gasteiger partial charge in [0.05, 0.1) is 12.1 Å². The molecule has 0 aliphatic carbocycles. The normalized spacial score (nSPS) is 18.3. The number of urea groups is 1. The maximum Gasteiger partial charge on any atom is 0.573 e. The van der Waals surface area contributed by atoms with Crippen LogP contribution in [0.5, 0.6) is 5.75 Å². The predicted octanol–water partition coefficient (Wildman–Crippen LogP) is 1.48. The molecule has 1 saturated heterocycles. The fraction of sp³-hybridized carbons (Fsp3) is 0.250. The van der Waals surface area contributed by atoms with E-state index in [1.165, 1.54) is 0 Å². The molecule has 1 fully saturated rings. The van der Waals surface area contributed by atoms with E-state index in [9.17, 15) is 27.6 Å². The Morgan fingerprint density at radius 1 is 1.27 bits per heavy atom. The molecule has 118 valence electrons. The first-order valence-electron chi connectivity index (χ1n) is 5.89. The Bertz CT molecular complexity index is 614. The lowest BCUT2D eigenvalue weighted by molar-refractivity contribution is -0.274. The maximum absolute atomic E-state index is 12.0. The van der Waals surface area contributed by atoms with E-state index in [1.54, 1.807) is 0 Å². The highest BCUT2D eigenvalue weighted by atomic mass is 19.4. The molecule has 1 aliphatic heterocycles. The molecule has 2 N–H and O–H groups in total. The summed E-state index contributed by atoms with van der Waals surface area (Å²) in [4.78, 5) is 34.9. The molecule has 22 heavy (non-hydrogen) atoms. The summed E-state index contributed by atoms with van der Waals surface area (Å²) in [5.74, 6) is -2.57. The van der Waals surface area contributed by atoms with Gasteiger partial charge in [-0.25, -0.2) is 9.69 Å². The number of nitrogens with one attached hydrogen (secondary N) is 1. The van der Waals surface area contributed by atoms with Gasteiger partial charge in [0, 0.05) is 0 Å². The van der Waals surface area contributed by atoms with Crippen molar-refractivity contribution in [1.82, 2.24) is 5.32 Å². The van der Waals surface area contributed by atoms with E-state index in [4.69, 9.17) is 5.11 Å². The summed E-state index contributed by atoms with van der Waals surface area (Å²) in [5.41, 5.74) is 0.00455. The molecule has 7 nitrogen and oxygen atoms in total. The summed E-state index contributed by atoms with van der Waals surface area (Å²) < 4.78 is 39.8. The van der Waals surface area contributed by atoms with Gasteiger partial charge in [-0.1, -0.05) is 0 Å². The Morgan fingerprint density at radius 2 is 1.86 bits per heavy atom. The van der Waals surface area contributed by atoms with Gasteiger partial charge in [-0.15, -0.1) is 13.2 Å². The number of amides is 3. The van der Waals surface area contributed by atoms with Gasteiger partial charge in [-0.2, -0.15) is 0 Å². The van der Waals surface area contributed by atoms with Crippen molar-refractivity contribution < 1.29 is 37.4 Å². The number of anilines is 1. The zero-order valence-electron chi connectivity index (χ0n) is 10.8. The lowest BCUT2D eigenvalue weighted by atomic mass is 10.2. The number of hydrogen-bond acceptors (Lipinski definition) is 4. The van der Waals surface area contributed by atoms with Gasteiger partial charge in [0.15, 0.2) is 0 Å². The molecule has 0 aromatic heterocycles. The fourth-order valence-corrected chi connectivity index (χ4v) is 1.89. The van der Waals surface area contributed by atoms with Gasteiger partial charge < -0.3 is 15.2 Å². The van der Waals surface area contributed by atoms with Crippen molar-refractivity contribution in [3.8, 4) is 5.75 Å². The van der Waals surface area contributed by atoms with Gasteiger partial charge in [-0.3, -0.25) is 9.59 Å². The van der Waals surface area contributed by atoms with Crippen LogP contribution in [0.1, 0.15) is 6.42 Å². The number of imide groups is 1. The smallest absolute Gasteiger partial charge is 0.481 e. The van der Waals surface area contributed by atoms with Gasteiger partial charge in [0.25, 0.3) is 5.91 Å². The number of ether oxygens (including phenoxy) is 1. The number of carboxylic acid groups (broad SMARTS) is 1. The molecule has 1 aromatic rings. The highest BCUT2D eigenvalue weighted by Gasteiger charge is 2.40. The molecule has 0 unspecified atom stereocenters. The average Bonchev–Trinajstić information content (AvgIpc) is 2.63. The number of carbonyl (C=O) groups is 3. The first kappa shape index (κ1) is 15.6. The first-order chi connectivity index (χ1) is 10.2. The Balaban J connectivity index is 2.16. The number of hydrogen-bond donors (Lipinski definition) is 2. The number of halogens is 3. The third-order valence-corrected chi connectivity index (χ3v) is 2.73. The van der Waals surface area contributed by atoms with Crippen LogP contribution in [0, 0.1) is 0 Å². The summed E-state index contributed by atoms with van der Waals surface area (Å²) in [6, 6.07) is 1.99. The van der Waals surface area contributed by atoms with Crippen LogP contribution in [0.2, 0.25) is 0 Å². The fourth-order valence-electron chi connectivity index (χ4n) is 1.89. The van der Waals surface area contributed by atoms with Crippen LogP contribution in [0.15, 0.2) is 24.3 Å². The lowest BCUT2D eigenvalue weighted by Gasteiger charge is -2.14. The average molecular weight is 318 g/mol. The van der Waals surface area contributed by atoms with Crippen molar-refractivity contribution in [2.24, 2.45) is 0 Å². The number of rotatable bonds is 4.